The molecule has 1 heterocycles. The summed E-state index contributed by atoms with van der Waals surface area (Å²) in [6.07, 6.45) is 0.876. The molecular weight excluding hydrogens is 469 g/mol. The molecule has 1 aliphatic heterocycles. The van der Waals surface area contributed by atoms with Crippen LogP contribution < -0.4 is 15.4 Å². The topological polar surface area (TPSA) is 69.2 Å². The minimum absolute atomic E-state index is 0. The summed E-state index contributed by atoms with van der Waals surface area (Å²) in [5, 5.41) is 6.69. The summed E-state index contributed by atoms with van der Waals surface area (Å²) < 4.78 is 5.40. The summed E-state index contributed by atoms with van der Waals surface area (Å²) in [6.45, 7) is 10.5. The van der Waals surface area contributed by atoms with Crippen molar-refractivity contribution < 1.29 is 9.53 Å². The Labute approximate surface area is 185 Å². The van der Waals surface area contributed by atoms with Crippen molar-refractivity contribution in [1.82, 2.24) is 20.4 Å². The van der Waals surface area contributed by atoms with E-state index in [1.807, 2.05) is 23.1 Å². The largest absolute Gasteiger partial charge is 0.496 e. The molecule has 0 saturated carbocycles. The maximum atomic E-state index is 11.4. The Balaban J connectivity index is 0.00000392. The van der Waals surface area contributed by atoms with Crippen molar-refractivity contribution in [2.75, 3.05) is 59.5 Å². The van der Waals surface area contributed by atoms with Gasteiger partial charge in [0.05, 0.1) is 13.7 Å². The van der Waals surface area contributed by atoms with Crippen LogP contribution in [-0.4, -0.2) is 81.1 Å². The maximum Gasteiger partial charge on any atom is 0.219 e. The van der Waals surface area contributed by atoms with Crippen LogP contribution in [0.4, 0.5) is 0 Å². The van der Waals surface area contributed by atoms with Crippen molar-refractivity contribution in [3.63, 3.8) is 0 Å². The number of aliphatic imine (C=N–C) groups is 1. The molecule has 1 aromatic rings. The number of para-hydroxylation sites is 1. The second-order valence-corrected chi connectivity index (χ2v) is 6.60. The zero-order valence-electron chi connectivity index (χ0n) is 17.2. The molecule has 158 valence electrons. The van der Waals surface area contributed by atoms with Gasteiger partial charge in [0.1, 0.15) is 5.75 Å². The van der Waals surface area contributed by atoms with Gasteiger partial charge in [-0.3, -0.25) is 14.7 Å². The van der Waals surface area contributed by atoms with Crippen LogP contribution in [-0.2, 0) is 11.2 Å². The number of ether oxygens (including phenoxy) is 1. The standard InChI is InChI=1S/C20H33N5O2.HI/c1-4-21-20(22-10-9-18-7-5-6-8-19(18)27-3)23-11-12-24-13-15-25(16-14-24)17(2)26;/h5-8H,4,9-16H2,1-3H3,(H2,21,22,23);1H. The summed E-state index contributed by atoms with van der Waals surface area (Å²) in [7, 11) is 1.70. The molecule has 0 unspecified atom stereocenters. The van der Waals surface area contributed by atoms with Gasteiger partial charge in [-0.25, -0.2) is 0 Å². The molecular formula is C20H34IN5O2. The summed E-state index contributed by atoms with van der Waals surface area (Å²) in [6, 6.07) is 8.09. The lowest BCUT2D eigenvalue weighted by Gasteiger charge is -2.33. The van der Waals surface area contributed by atoms with Crippen LogP contribution in [0.1, 0.15) is 19.4 Å². The van der Waals surface area contributed by atoms with E-state index in [0.29, 0.717) is 0 Å². The predicted octanol–water partition coefficient (Wildman–Crippen LogP) is 1.57. The Morgan fingerprint density at radius 2 is 1.89 bits per heavy atom. The minimum atomic E-state index is 0. The highest BCUT2D eigenvalue weighted by atomic mass is 127. The van der Waals surface area contributed by atoms with Crippen LogP contribution in [0.15, 0.2) is 29.3 Å². The van der Waals surface area contributed by atoms with Gasteiger partial charge in [0, 0.05) is 52.7 Å². The first-order chi connectivity index (χ1) is 13.1. The molecule has 8 heteroatoms. The highest BCUT2D eigenvalue weighted by Gasteiger charge is 2.17. The number of hydrogen-bond acceptors (Lipinski definition) is 4. The lowest BCUT2D eigenvalue weighted by Crippen LogP contribution is -2.48. The monoisotopic (exact) mass is 503 g/mol. The van der Waals surface area contributed by atoms with Crippen LogP contribution in [0, 0.1) is 0 Å². The fraction of sp³-hybridized carbons (Fsp3) is 0.600. The summed E-state index contributed by atoms with van der Waals surface area (Å²) in [5.74, 6) is 1.93. The van der Waals surface area contributed by atoms with Crippen molar-refractivity contribution in [1.29, 1.82) is 0 Å². The number of carbonyl (C=O) groups is 1. The molecule has 0 radical (unpaired) electrons. The maximum absolute atomic E-state index is 11.4. The molecule has 0 spiro atoms. The summed E-state index contributed by atoms with van der Waals surface area (Å²) >= 11 is 0. The zero-order valence-corrected chi connectivity index (χ0v) is 19.6. The number of nitrogens with one attached hydrogen (secondary N) is 2. The fourth-order valence-corrected chi connectivity index (χ4v) is 3.16. The van der Waals surface area contributed by atoms with Gasteiger partial charge in [0.15, 0.2) is 5.96 Å². The summed E-state index contributed by atoms with van der Waals surface area (Å²) in [4.78, 5) is 20.3. The normalized spacial score (nSPS) is 15.0. The smallest absolute Gasteiger partial charge is 0.219 e. The van der Waals surface area contributed by atoms with Crippen LogP contribution in [0.25, 0.3) is 0 Å². The van der Waals surface area contributed by atoms with E-state index in [0.717, 1.165) is 70.5 Å². The third-order valence-electron chi connectivity index (χ3n) is 4.73. The number of halogens is 1. The first-order valence-corrected chi connectivity index (χ1v) is 9.76. The first kappa shape index (κ1) is 24.5. The van der Waals surface area contributed by atoms with E-state index in [9.17, 15) is 4.79 Å². The van der Waals surface area contributed by atoms with Gasteiger partial charge in [0.25, 0.3) is 0 Å². The van der Waals surface area contributed by atoms with E-state index in [4.69, 9.17) is 4.74 Å². The molecule has 0 aliphatic carbocycles. The quantitative estimate of drug-likeness (QED) is 0.321. The Bertz CT molecular complexity index is 618. The van der Waals surface area contributed by atoms with E-state index in [1.54, 1.807) is 14.0 Å². The highest BCUT2D eigenvalue weighted by molar-refractivity contribution is 14.0. The Morgan fingerprint density at radius 1 is 1.18 bits per heavy atom. The van der Waals surface area contributed by atoms with Crippen LogP contribution in [0.2, 0.25) is 0 Å². The average molecular weight is 503 g/mol. The number of nitrogens with zero attached hydrogens (tertiary/aromatic N) is 3. The van der Waals surface area contributed by atoms with Gasteiger partial charge >= 0.3 is 0 Å². The molecule has 1 aromatic carbocycles. The third kappa shape index (κ3) is 8.22. The number of carbonyl (C=O) groups excluding carboxylic acids is 1. The lowest BCUT2D eigenvalue weighted by molar-refractivity contribution is -0.130. The molecule has 0 atom stereocenters. The van der Waals surface area contributed by atoms with Crippen LogP contribution in [0.5, 0.6) is 5.75 Å². The van der Waals surface area contributed by atoms with E-state index < -0.39 is 0 Å². The molecule has 7 nitrogen and oxygen atoms in total. The van der Waals surface area contributed by atoms with Gasteiger partial charge < -0.3 is 20.3 Å². The summed E-state index contributed by atoms with van der Waals surface area (Å²) in [5.41, 5.74) is 1.19. The molecule has 1 aliphatic rings. The second kappa shape index (κ2) is 13.6. The minimum Gasteiger partial charge on any atom is -0.496 e. The van der Waals surface area contributed by atoms with Gasteiger partial charge in [-0.15, -0.1) is 24.0 Å². The number of piperazine rings is 1. The van der Waals surface area contributed by atoms with Crippen molar-refractivity contribution in [3.8, 4) is 5.75 Å². The molecule has 0 aromatic heterocycles. The molecule has 2 rings (SSSR count). The molecule has 28 heavy (non-hydrogen) atoms. The molecule has 1 fully saturated rings. The number of hydrogen-bond donors (Lipinski definition) is 2. The van der Waals surface area contributed by atoms with Crippen LogP contribution in [0.3, 0.4) is 0 Å². The van der Waals surface area contributed by atoms with E-state index in [1.165, 1.54) is 5.56 Å². The molecule has 0 bridgehead atoms. The van der Waals surface area contributed by atoms with Gasteiger partial charge in [-0.05, 0) is 25.0 Å². The van der Waals surface area contributed by atoms with Crippen LogP contribution >= 0.6 is 24.0 Å². The van der Waals surface area contributed by atoms with Crippen molar-refractivity contribution >= 4 is 35.8 Å². The predicted molar refractivity (Wildman–Crippen MR) is 125 cm³/mol. The van der Waals surface area contributed by atoms with Crippen molar-refractivity contribution in [2.24, 2.45) is 4.99 Å². The third-order valence-corrected chi connectivity index (χ3v) is 4.73. The second-order valence-electron chi connectivity index (χ2n) is 6.60. The van der Waals surface area contributed by atoms with Gasteiger partial charge in [-0.2, -0.15) is 0 Å². The molecule has 2 N–H and O–H groups in total. The van der Waals surface area contributed by atoms with E-state index in [2.05, 4.69) is 33.5 Å². The van der Waals surface area contributed by atoms with E-state index in [-0.39, 0.29) is 29.9 Å². The Morgan fingerprint density at radius 3 is 2.54 bits per heavy atom. The van der Waals surface area contributed by atoms with E-state index >= 15 is 0 Å². The Kier molecular flexibility index (Phi) is 11.9. The van der Waals surface area contributed by atoms with Crippen molar-refractivity contribution in [2.45, 2.75) is 20.3 Å². The lowest BCUT2D eigenvalue weighted by atomic mass is 10.1. The fourth-order valence-electron chi connectivity index (χ4n) is 3.16. The number of rotatable bonds is 8. The van der Waals surface area contributed by atoms with Gasteiger partial charge in [-0.1, -0.05) is 18.2 Å². The highest BCUT2D eigenvalue weighted by Crippen LogP contribution is 2.17. The zero-order chi connectivity index (χ0) is 19.5. The van der Waals surface area contributed by atoms with Crippen molar-refractivity contribution in [3.05, 3.63) is 29.8 Å². The molecule has 1 amide bonds. The Hall–Kier alpha value is -1.55. The SMILES string of the molecule is CCNC(=NCCN1CCN(C(C)=O)CC1)NCCc1ccccc1OC.I. The van der Waals surface area contributed by atoms with Gasteiger partial charge in [0.2, 0.25) is 5.91 Å². The number of benzene rings is 1. The number of guanidine groups is 1. The number of amides is 1. The average Bonchev–Trinajstić information content (AvgIpc) is 2.68. The molecule has 1 saturated heterocycles. The first-order valence-electron chi connectivity index (χ1n) is 9.76. The number of methoxy groups -OCH3 is 1.